The third-order valence-corrected chi connectivity index (χ3v) is 8.09. The molecule has 1 N–H and O–H groups in total. The number of nitrogens with one attached hydrogen (secondary N) is 1. The van der Waals surface area contributed by atoms with Crippen LogP contribution in [0, 0.1) is 5.82 Å². The summed E-state index contributed by atoms with van der Waals surface area (Å²) in [6.45, 7) is 2.68. The summed E-state index contributed by atoms with van der Waals surface area (Å²) in [4.78, 5) is 8.96. The minimum absolute atomic E-state index is 0.199. The van der Waals surface area contributed by atoms with Crippen LogP contribution in [-0.4, -0.2) is 48.1 Å². The van der Waals surface area contributed by atoms with Crippen LogP contribution in [0.1, 0.15) is 31.5 Å². The number of anilines is 1. The number of para-hydroxylation sites is 1. The van der Waals surface area contributed by atoms with E-state index in [9.17, 15) is 12.8 Å². The highest BCUT2D eigenvalue weighted by molar-refractivity contribution is 7.88. The van der Waals surface area contributed by atoms with Gasteiger partial charge < -0.3 is 10.1 Å². The monoisotopic (exact) mass is 528 g/mol. The number of ether oxygens (including phenoxy) is 1. The molecule has 0 unspecified atom stereocenters. The van der Waals surface area contributed by atoms with Gasteiger partial charge in [0, 0.05) is 18.5 Å². The lowest BCUT2D eigenvalue weighted by Crippen LogP contribution is -2.41. The molecule has 1 fully saturated rings. The van der Waals surface area contributed by atoms with Gasteiger partial charge in [0.25, 0.3) is 0 Å². The summed E-state index contributed by atoms with van der Waals surface area (Å²) in [5, 5.41) is 6.01. The zero-order valence-electron chi connectivity index (χ0n) is 19.9. The van der Waals surface area contributed by atoms with E-state index < -0.39 is 15.8 Å². The zero-order chi connectivity index (χ0) is 25.4. The van der Waals surface area contributed by atoms with Crippen LogP contribution >= 0.6 is 11.6 Å². The quantitative estimate of drug-likeness (QED) is 0.353. The SMILES string of the molecule is C[C@H](Nc1c(F)cnc2ccccc12)c1cc2cccc(Cl)c2c(OC2CCN(S(C)(=O)=O)CC2)n1. The van der Waals surface area contributed by atoms with E-state index >= 15 is 0 Å². The maximum atomic E-state index is 14.8. The smallest absolute Gasteiger partial charge is 0.223 e. The molecule has 2 aromatic heterocycles. The fourth-order valence-electron chi connectivity index (χ4n) is 4.55. The van der Waals surface area contributed by atoms with E-state index in [4.69, 9.17) is 21.3 Å². The van der Waals surface area contributed by atoms with E-state index in [0.29, 0.717) is 64.5 Å². The lowest BCUT2D eigenvalue weighted by atomic mass is 10.1. The molecule has 0 amide bonds. The number of sulfonamides is 1. The Morgan fingerprint density at radius 3 is 2.67 bits per heavy atom. The Bertz CT molecular complexity index is 1540. The number of aromatic nitrogens is 2. The predicted molar refractivity (Wildman–Crippen MR) is 141 cm³/mol. The first-order valence-corrected chi connectivity index (χ1v) is 13.9. The second-order valence-electron chi connectivity index (χ2n) is 9.03. The van der Waals surface area contributed by atoms with Gasteiger partial charge in [-0.3, -0.25) is 4.98 Å². The van der Waals surface area contributed by atoms with Crippen molar-refractivity contribution in [1.82, 2.24) is 14.3 Å². The zero-order valence-corrected chi connectivity index (χ0v) is 21.5. The van der Waals surface area contributed by atoms with Gasteiger partial charge in [-0.05, 0) is 43.4 Å². The van der Waals surface area contributed by atoms with Gasteiger partial charge in [0.15, 0.2) is 5.82 Å². The number of piperidine rings is 1. The molecule has 0 spiro atoms. The van der Waals surface area contributed by atoms with Crippen molar-refractivity contribution in [1.29, 1.82) is 0 Å². The minimum Gasteiger partial charge on any atom is -0.474 e. The van der Waals surface area contributed by atoms with Crippen LogP contribution < -0.4 is 10.1 Å². The number of halogens is 2. The van der Waals surface area contributed by atoms with Crippen molar-refractivity contribution in [3.05, 3.63) is 71.3 Å². The Balaban J connectivity index is 1.47. The molecule has 1 atom stereocenters. The molecule has 1 aliphatic heterocycles. The van der Waals surface area contributed by atoms with Gasteiger partial charge in [0.1, 0.15) is 6.10 Å². The van der Waals surface area contributed by atoms with E-state index in [0.717, 1.165) is 5.39 Å². The molecule has 2 aromatic carbocycles. The van der Waals surface area contributed by atoms with Crippen molar-refractivity contribution in [3.8, 4) is 5.88 Å². The van der Waals surface area contributed by atoms with Gasteiger partial charge in [-0.2, -0.15) is 0 Å². The average molecular weight is 529 g/mol. The summed E-state index contributed by atoms with van der Waals surface area (Å²) >= 11 is 6.53. The summed E-state index contributed by atoms with van der Waals surface area (Å²) in [5.74, 6) is -0.0573. The number of fused-ring (bicyclic) bond motifs is 2. The van der Waals surface area contributed by atoms with E-state index in [2.05, 4.69) is 10.3 Å². The highest BCUT2D eigenvalue weighted by Gasteiger charge is 2.27. The summed E-state index contributed by atoms with van der Waals surface area (Å²) in [6, 6.07) is 14.5. The van der Waals surface area contributed by atoms with Gasteiger partial charge in [0.05, 0.1) is 45.8 Å². The van der Waals surface area contributed by atoms with E-state index in [1.54, 1.807) is 6.07 Å². The van der Waals surface area contributed by atoms with Crippen LogP contribution in [0.15, 0.2) is 54.7 Å². The van der Waals surface area contributed by atoms with Crippen LogP contribution in [0.25, 0.3) is 21.7 Å². The van der Waals surface area contributed by atoms with Crippen molar-refractivity contribution in [2.45, 2.75) is 31.9 Å². The molecule has 7 nitrogen and oxygen atoms in total. The Morgan fingerprint density at radius 2 is 1.92 bits per heavy atom. The van der Waals surface area contributed by atoms with Crippen molar-refractivity contribution in [3.63, 3.8) is 0 Å². The number of hydrogen-bond donors (Lipinski definition) is 1. The third-order valence-electron chi connectivity index (χ3n) is 6.48. The molecule has 188 valence electrons. The molecular formula is C26H26ClFN4O3S. The highest BCUT2D eigenvalue weighted by Crippen LogP contribution is 2.35. The number of pyridine rings is 2. The van der Waals surface area contributed by atoms with Gasteiger partial charge >= 0.3 is 0 Å². The number of hydrogen-bond acceptors (Lipinski definition) is 6. The lowest BCUT2D eigenvalue weighted by molar-refractivity contribution is 0.132. The second kappa shape index (κ2) is 9.80. The number of nitrogens with zero attached hydrogens (tertiary/aromatic N) is 3. The predicted octanol–water partition coefficient (Wildman–Crippen LogP) is 5.55. The molecule has 4 aromatic rings. The Labute approximate surface area is 214 Å². The first-order chi connectivity index (χ1) is 17.2. The first-order valence-electron chi connectivity index (χ1n) is 11.7. The topological polar surface area (TPSA) is 84.4 Å². The van der Waals surface area contributed by atoms with Crippen molar-refractivity contribution in [2.24, 2.45) is 0 Å². The molecule has 36 heavy (non-hydrogen) atoms. The van der Waals surface area contributed by atoms with E-state index in [-0.39, 0.29) is 12.1 Å². The molecule has 1 aliphatic rings. The number of rotatable bonds is 6. The lowest BCUT2D eigenvalue weighted by Gasteiger charge is -2.30. The molecule has 0 radical (unpaired) electrons. The van der Waals surface area contributed by atoms with Crippen LogP contribution in [0.3, 0.4) is 0 Å². The van der Waals surface area contributed by atoms with Gasteiger partial charge in [-0.15, -0.1) is 0 Å². The summed E-state index contributed by atoms with van der Waals surface area (Å²) in [5.41, 5.74) is 1.71. The highest BCUT2D eigenvalue weighted by atomic mass is 35.5. The summed E-state index contributed by atoms with van der Waals surface area (Å²) in [7, 11) is -3.23. The van der Waals surface area contributed by atoms with Gasteiger partial charge in [0.2, 0.25) is 15.9 Å². The van der Waals surface area contributed by atoms with Crippen molar-refractivity contribution >= 4 is 49.0 Å². The third kappa shape index (κ3) is 4.96. The molecular weight excluding hydrogens is 503 g/mol. The molecule has 5 rings (SSSR count). The van der Waals surface area contributed by atoms with Crippen LogP contribution in [0.2, 0.25) is 5.02 Å². The van der Waals surface area contributed by atoms with Gasteiger partial charge in [-0.25, -0.2) is 22.1 Å². The minimum atomic E-state index is -3.23. The van der Waals surface area contributed by atoms with Crippen molar-refractivity contribution < 1.29 is 17.5 Å². The van der Waals surface area contributed by atoms with Gasteiger partial charge in [-0.1, -0.05) is 41.9 Å². The average Bonchev–Trinajstić information content (AvgIpc) is 2.85. The van der Waals surface area contributed by atoms with E-state index in [1.807, 2.05) is 49.4 Å². The molecule has 1 saturated heterocycles. The van der Waals surface area contributed by atoms with Crippen LogP contribution in [0.5, 0.6) is 5.88 Å². The summed E-state index contributed by atoms with van der Waals surface area (Å²) in [6.07, 6.45) is 3.33. The first kappa shape index (κ1) is 24.7. The fourth-order valence-corrected chi connectivity index (χ4v) is 5.69. The molecule has 0 saturated carbocycles. The van der Waals surface area contributed by atoms with Crippen molar-refractivity contribution in [2.75, 3.05) is 24.7 Å². The maximum absolute atomic E-state index is 14.8. The van der Waals surface area contributed by atoms with Crippen LogP contribution in [-0.2, 0) is 10.0 Å². The fraction of sp³-hybridized carbons (Fsp3) is 0.308. The molecule has 10 heteroatoms. The Kier molecular flexibility index (Phi) is 6.72. The maximum Gasteiger partial charge on any atom is 0.223 e. The largest absolute Gasteiger partial charge is 0.474 e. The number of benzene rings is 2. The summed E-state index contributed by atoms with van der Waals surface area (Å²) < 4.78 is 46.3. The Hall–Kier alpha value is -3.01. The Morgan fingerprint density at radius 1 is 1.17 bits per heavy atom. The molecule has 3 heterocycles. The molecule has 0 bridgehead atoms. The molecule has 0 aliphatic carbocycles. The van der Waals surface area contributed by atoms with E-state index in [1.165, 1.54) is 16.8 Å². The second-order valence-corrected chi connectivity index (χ2v) is 11.4. The normalized spacial score (nSPS) is 16.3. The standard InChI is InChI=1S/C26H26ClFN4O3S/c1-16(30-25-19-7-3-4-9-22(19)29-15-21(25)28)23-14-17-6-5-8-20(27)24(17)26(31-23)35-18-10-12-32(13-11-18)36(2,33)34/h3-9,14-16,18H,10-13H2,1-2H3,(H,29,30)/t16-/m0/s1. The van der Waals surface area contributed by atoms with Crippen LogP contribution in [0.4, 0.5) is 10.1 Å².